The number of aliphatic carboxylic acids is 3. The Balaban J connectivity index is 2.15. The number of hydrogen-bond donors (Lipinski definition) is 5. The summed E-state index contributed by atoms with van der Waals surface area (Å²) in [6.07, 6.45) is 1.15. The van der Waals surface area contributed by atoms with Crippen molar-refractivity contribution >= 4 is 35.5 Å². The number of ether oxygens (including phenoxy) is 1. The monoisotopic (exact) mass is 580 g/mol. The molecule has 2 aromatic carbocycles. The molecule has 42 heavy (non-hydrogen) atoms. The number of carboxylic acid groups (broad SMARTS) is 3. The zero-order valence-electron chi connectivity index (χ0n) is 23.3. The van der Waals surface area contributed by atoms with Gasteiger partial charge < -0.3 is 20.1 Å². The van der Waals surface area contributed by atoms with Gasteiger partial charge >= 0.3 is 29.7 Å². The lowest BCUT2D eigenvalue weighted by Crippen LogP contribution is -2.75. The van der Waals surface area contributed by atoms with Crippen molar-refractivity contribution in [2.24, 2.45) is 0 Å². The molecule has 1 amide bonds. The first-order valence-corrected chi connectivity index (χ1v) is 13.3. The van der Waals surface area contributed by atoms with Crippen molar-refractivity contribution < 1.29 is 48.6 Å². The van der Waals surface area contributed by atoms with Gasteiger partial charge in [-0.3, -0.25) is 14.9 Å². The molecule has 0 aliphatic carbocycles. The van der Waals surface area contributed by atoms with Crippen LogP contribution in [-0.4, -0.2) is 55.4 Å². The Hall–Kier alpha value is -4.97. The first-order valence-electron chi connectivity index (χ1n) is 13.3. The molecule has 1 heterocycles. The Morgan fingerprint density at radius 2 is 1.57 bits per heavy atom. The zero-order valence-corrected chi connectivity index (χ0v) is 23.3. The molecule has 3 rings (SSSR count). The maximum atomic E-state index is 13.3. The van der Waals surface area contributed by atoms with Gasteiger partial charge in [-0.15, -0.1) is 4.59 Å². The molecule has 2 aromatic rings. The number of benzene rings is 2. The average molecular weight is 581 g/mol. The summed E-state index contributed by atoms with van der Waals surface area (Å²) in [6, 6.07) is 15.5. The molecule has 2 atom stereocenters. The quantitative estimate of drug-likeness (QED) is 0.123. The number of carbonyl (C=O) groups excluding carboxylic acids is 2. The van der Waals surface area contributed by atoms with Crippen LogP contribution in [0.15, 0.2) is 78.1 Å². The van der Waals surface area contributed by atoms with E-state index in [1.165, 1.54) is 6.92 Å². The summed E-state index contributed by atoms with van der Waals surface area (Å²) in [7, 11) is 0. The molecule has 2 unspecified atom stereocenters. The smallest absolute Gasteiger partial charge is 0.412 e. The number of allylic oxidation sites excluding steroid dienone is 2. The minimum atomic E-state index is -2.34. The fourth-order valence-electron chi connectivity index (χ4n) is 4.75. The first kappa shape index (κ1) is 31.6. The summed E-state index contributed by atoms with van der Waals surface area (Å²) in [5.41, 5.74) is 2.04. The maximum absolute atomic E-state index is 13.3. The molecule has 5 N–H and O–H groups in total. The van der Waals surface area contributed by atoms with Crippen molar-refractivity contribution in [2.45, 2.75) is 58.2 Å². The predicted octanol–water partition coefficient (Wildman–Crippen LogP) is 4.34. The van der Waals surface area contributed by atoms with Crippen molar-refractivity contribution in [3.05, 3.63) is 89.3 Å². The Kier molecular flexibility index (Phi) is 10.2. The van der Waals surface area contributed by atoms with Crippen molar-refractivity contribution in [3.8, 4) is 0 Å². The number of nitrogens with one attached hydrogen (secondary N) is 2. The van der Waals surface area contributed by atoms with Crippen molar-refractivity contribution in [2.75, 3.05) is 5.43 Å². The second-order valence-electron chi connectivity index (χ2n) is 10.0. The predicted molar refractivity (Wildman–Crippen MR) is 150 cm³/mol. The lowest BCUT2D eigenvalue weighted by atomic mass is 9.94. The second kappa shape index (κ2) is 13.6. The van der Waals surface area contributed by atoms with Crippen LogP contribution in [0.5, 0.6) is 0 Å². The lowest BCUT2D eigenvalue weighted by Gasteiger charge is -2.48. The molecule has 0 fully saturated rings. The van der Waals surface area contributed by atoms with Crippen molar-refractivity contribution in [3.63, 3.8) is 0 Å². The van der Waals surface area contributed by atoms with Crippen LogP contribution < -0.4 is 10.7 Å². The molecule has 0 bridgehead atoms. The molecule has 12 heteroatoms. The van der Waals surface area contributed by atoms with Gasteiger partial charge in [-0.1, -0.05) is 54.4 Å². The highest BCUT2D eigenvalue weighted by Gasteiger charge is 2.62. The normalized spacial score (nSPS) is 17.7. The number of unbranched alkanes of at least 4 members (excludes halogenated alkanes) is 2. The summed E-state index contributed by atoms with van der Waals surface area (Å²) in [5, 5.41) is 32.2. The Labute approximate surface area is 242 Å². The van der Waals surface area contributed by atoms with Gasteiger partial charge in [-0.05, 0) is 37.5 Å². The molecule has 222 valence electrons. The van der Waals surface area contributed by atoms with E-state index in [0.717, 1.165) is 17.8 Å². The zero-order chi connectivity index (χ0) is 30.9. The number of rotatable bonds is 14. The van der Waals surface area contributed by atoms with E-state index < -0.39 is 45.6 Å². The molecule has 12 nitrogen and oxygen atoms in total. The Morgan fingerprint density at radius 1 is 0.905 bits per heavy atom. The molecular weight excluding hydrogens is 546 g/mol. The summed E-state index contributed by atoms with van der Waals surface area (Å²) < 4.78 is 4.38. The standard InChI is InChI=1S/C30H33N3O9/c1-20-12-14-23(15-13-20)32-33(18-24(27(37)38)25(34)17-21(33)2)30(28(39)40,16-8-4-7-11-26(35)36)31-29(41)42-19-22-9-5-3-6-10-22/h3,5-6,9-10,12-15,17-18,32H,4,7-8,11,16,19H2,1-2H3,(H3-,31,35,36,37,38,39,40,41)/p+1. The summed E-state index contributed by atoms with van der Waals surface area (Å²) >= 11 is 0. The molecule has 0 saturated heterocycles. The van der Waals surface area contributed by atoms with Gasteiger partial charge in [0.2, 0.25) is 5.78 Å². The van der Waals surface area contributed by atoms with Crippen LogP contribution >= 0.6 is 0 Å². The van der Waals surface area contributed by atoms with E-state index in [9.17, 15) is 34.2 Å². The molecule has 0 saturated carbocycles. The van der Waals surface area contributed by atoms with Crippen molar-refractivity contribution in [1.29, 1.82) is 0 Å². The van der Waals surface area contributed by atoms with E-state index in [0.29, 0.717) is 17.7 Å². The van der Waals surface area contributed by atoms with Gasteiger partial charge in [0, 0.05) is 25.8 Å². The fraction of sp³-hybridized carbons (Fsp3) is 0.300. The first-order chi connectivity index (χ1) is 19.9. The molecule has 0 aromatic heterocycles. The number of carbonyl (C=O) groups is 5. The lowest BCUT2D eigenvalue weighted by molar-refractivity contribution is -0.869. The molecular formula is C30H34N3O9+. The number of amides is 1. The van der Waals surface area contributed by atoms with Gasteiger partial charge in [0.15, 0.2) is 5.57 Å². The Morgan fingerprint density at radius 3 is 2.17 bits per heavy atom. The third kappa shape index (κ3) is 7.21. The fourth-order valence-corrected chi connectivity index (χ4v) is 4.75. The largest absolute Gasteiger partial charge is 0.481 e. The minimum absolute atomic E-state index is 0.0851. The average Bonchev–Trinajstić information content (AvgIpc) is 2.94. The van der Waals surface area contributed by atoms with Gasteiger partial charge in [0.1, 0.15) is 18.5 Å². The number of aryl methyl sites for hydroxylation is 1. The van der Waals surface area contributed by atoms with Crippen LogP contribution in [0.25, 0.3) is 0 Å². The highest BCUT2D eigenvalue weighted by molar-refractivity contribution is 6.21. The molecule has 1 aliphatic rings. The third-order valence-electron chi connectivity index (χ3n) is 6.98. The van der Waals surface area contributed by atoms with Crippen LogP contribution in [0.3, 0.4) is 0 Å². The van der Waals surface area contributed by atoms with E-state index in [-0.39, 0.29) is 38.0 Å². The number of ketones is 1. The molecule has 0 radical (unpaired) electrons. The van der Waals surface area contributed by atoms with E-state index in [1.807, 2.05) is 6.92 Å². The number of quaternary nitrogens is 1. The number of carboxylic acids is 3. The topological polar surface area (TPSA) is 179 Å². The minimum Gasteiger partial charge on any atom is -0.481 e. The number of nitrogens with zero attached hydrogens (tertiary/aromatic N) is 1. The molecule has 1 aliphatic heterocycles. The van der Waals surface area contributed by atoms with E-state index in [4.69, 9.17) is 9.84 Å². The number of hydrogen-bond acceptors (Lipinski definition) is 7. The van der Waals surface area contributed by atoms with Crippen LogP contribution in [-0.2, 0) is 30.5 Å². The van der Waals surface area contributed by atoms with Gasteiger partial charge in [-0.2, -0.15) is 0 Å². The number of alkyl carbamates (subject to hydrolysis) is 1. The van der Waals surface area contributed by atoms with Gasteiger partial charge in [-0.25, -0.2) is 19.8 Å². The second-order valence-corrected chi connectivity index (χ2v) is 10.0. The summed E-state index contributed by atoms with van der Waals surface area (Å²) in [5.74, 6) is -4.97. The summed E-state index contributed by atoms with van der Waals surface area (Å²) in [4.78, 5) is 62.4. The summed E-state index contributed by atoms with van der Waals surface area (Å²) in [6.45, 7) is 3.13. The maximum Gasteiger partial charge on any atom is 0.412 e. The van der Waals surface area contributed by atoms with Crippen LogP contribution in [0.2, 0.25) is 0 Å². The van der Waals surface area contributed by atoms with Crippen LogP contribution in [0.1, 0.15) is 50.2 Å². The molecule has 0 spiro atoms. The highest BCUT2D eigenvalue weighted by Crippen LogP contribution is 2.39. The highest BCUT2D eigenvalue weighted by atomic mass is 16.5. The Bertz CT molecular complexity index is 1400. The van der Waals surface area contributed by atoms with E-state index in [1.54, 1.807) is 54.6 Å². The number of anilines is 1. The van der Waals surface area contributed by atoms with Crippen LogP contribution in [0.4, 0.5) is 10.5 Å². The third-order valence-corrected chi connectivity index (χ3v) is 6.98. The van der Waals surface area contributed by atoms with E-state index >= 15 is 0 Å². The van der Waals surface area contributed by atoms with Gasteiger partial charge in [0.05, 0.1) is 5.69 Å². The van der Waals surface area contributed by atoms with Crippen molar-refractivity contribution in [1.82, 2.24) is 5.32 Å². The van der Waals surface area contributed by atoms with Gasteiger partial charge in [0.25, 0.3) is 0 Å². The van der Waals surface area contributed by atoms with E-state index in [2.05, 4.69) is 10.7 Å². The van der Waals surface area contributed by atoms with Crippen LogP contribution in [0, 0.1) is 6.92 Å². The SMILES string of the molecule is CC1=CC(=O)C(C(=O)O)=C[N+]1(Nc1ccc(C)cc1)C(CCCCCC(=O)O)(NC(=O)OCc1ccccc1)C(=O)O.